The second-order valence-electron chi connectivity index (χ2n) is 7.88. The molecule has 1 saturated heterocycles. The molecule has 1 saturated carbocycles. The van der Waals surface area contributed by atoms with E-state index in [0.717, 1.165) is 29.5 Å². The van der Waals surface area contributed by atoms with Crippen LogP contribution < -0.4 is 0 Å². The minimum absolute atomic E-state index is 0.0239. The maximum Gasteiger partial charge on any atom is 0.407 e. The molecule has 2 N–H and O–H groups in total. The zero-order valence-corrected chi connectivity index (χ0v) is 16.3. The Hall–Kier alpha value is -2.86. The Morgan fingerprint density at radius 2 is 1.38 bits per heavy atom. The Bertz CT molecular complexity index is 867. The first kappa shape index (κ1) is 19.5. The minimum Gasteiger partial charge on any atom is -0.465 e. The molecule has 6 heteroatoms. The summed E-state index contributed by atoms with van der Waals surface area (Å²) < 4.78 is 0. The average molecular weight is 394 g/mol. The van der Waals surface area contributed by atoms with E-state index in [1.807, 2.05) is 53.4 Å². The van der Waals surface area contributed by atoms with E-state index in [-0.39, 0.29) is 24.6 Å². The molecular formula is C23H26N2O4. The molecule has 1 aliphatic heterocycles. The summed E-state index contributed by atoms with van der Waals surface area (Å²) in [4.78, 5) is 27.8. The summed E-state index contributed by atoms with van der Waals surface area (Å²) in [6.07, 6.45) is 2.57. The van der Waals surface area contributed by atoms with Crippen molar-refractivity contribution in [3.63, 3.8) is 0 Å². The number of hydrogen-bond donors (Lipinski definition) is 2. The number of amides is 2. The lowest BCUT2D eigenvalue weighted by Gasteiger charge is -2.38. The minimum atomic E-state index is -0.879. The van der Waals surface area contributed by atoms with Gasteiger partial charge in [-0.2, -0.15) is 0 Å². The lowest BCUT2D eigenvalue weighted by atomic mass is 10.00. The van der Waals surface area contributed by atoms with E-state index in [9.17, 15) is 14.7 Å². The topological polar surface area (TPSA) is 81.1 Å². The summed E-state index contributed by atoms with van der Waals surface area (Å²) in [5, 5.41) is 18.3. The maximum atomic E-state index is 13.2. The first-order valence-electron chi connectivity index (χ1n) is 10.2. The summed E-state index contributed by atoms with van der Waals surface area (Å²) in [6, 6.07) is 15.8. The van der Waals surface area contributed by atoms with Gasteiger partial charge in [0.2, 0.25) is 0 Å². The first-order valence-corrected chi connectivity index (χ1v) is 10.2. The van der Waals surface area contributed by atoms with Crippen molar-refractivity contribution in [1.82, 2.24) is 9.80 Å². The van der Waals surface area contributed by atoms with Crippen LogP contribution in [0.1, 0.15) is 41.6 Å². The van der Waals surface area contributed by atoms with E-state index in [4.69, 9.17) is 5.11 Å². The fourth-order valence-corrected chi connectivity index (χ4v) is 4.07. The summed E-state index contributed by atoms with van der Waals surface area (Å²) in [5.74, 6) is 0.0449. The average Bonchev–Trinajstić information content (AvgIpc) is 3.59. The molecular weight excluding hydrogens is 368 g/mol. The van der Waals surface area contributed by atoms with E-state index in [2.05, 4.69) is 0 Å². The van der Waals surface area contributed by atoms with Crippen molar-refractivity contribution < 1.29 is 19.8 Å². The third-order valence-electron chi connectivity index (χ3n) is 5.90. The van der Waals surface area contributed by atoms with Crippen LogP contribution in [0.5, 0.6) is 0 Å². The number of likely N-dealkylation sites (tertiary alicyclic amines) is 1. The molecule has 152 valence electrons. The Kier molecular flexibility index (Phi) is 5.53. The predicted molar refractivity (Wildman–Crippen MR) is 110 cm³/mol. The van der Waals surface area contributed by atoms with Crippen molar-refractivity contribution in [2.45, 2.75) is 44.4 Å². The number of carbonyl (C=O) groups excluding carboxylic acids is 1. The van der Waals surface area contributed by atoms with Gasteiger partial charge in [0.05, 0.1) is 6.61 Å². The number of benzene rings is 2. The van der Waals surface area contributed by atoms with Gasteiger partial charge in [0.15, 0.2) is 0 Å². The zero-order chi connectivity index (χ0) is 20.4. The number of carbonyl (C=O) groups is 2. The van der Waals surface area contributed by atoms with E-state index < -0.39 is 6.09 Å². The third-order valence-corrected chi connectivity index (χ3v) is 5.90. The Labute approximate surface area is 170 Å². The molecule has 2 fully saturated rings. The summed E-state index contributed by atoms with van der Waals surface area (Å²) >= 11 is 0. The van der Waals surface area contributed by atoms with Crippen LogP contribution in [0.15, 0.2) is 48.5 Å². The summed E-state index contributed by atoms with van der Waals surface area (Å²) in [6.45, 7) is 0.995. The predicted octanol–water partition coefficient (Wildman–Crippen LogP) is 3.59. The van der Waals surface area contributed by atoms with Gasteiger partial charge in [-0.3, -0.25) is 4.79 Å². The molecule has 0 bridgehead atoms. The van der Waals surface area contributed by atoms with E-state index in [0.29, 0.717) is 31.5 Å². The van der Waals surface area contributed by atoms with Gasteiger partial charge in [0, 0.05) is 30.7 Å². The number of nitrogens with zero attached hydrogens (tertiary/aromatic N) is 2. The molecule has 2 amide bonds. The van der Waals surface area contributed by atoms with Crippen LogP contribution in [-0.2, 0) is 6.61 Å². The van der Waals surface area contributed by atoms with Crippen molar-refractivity contribution in [3.8, 4) is 11.1 Å². The molecule has 0 radical (unpaired) electrons. The summed E-state index contributed by atoms with van der Waals surface area (Å²) in [7, 11) is 0. The van der Waals surface area contributed by atoms with Gasteiger partial charge in [-0.1, -0.05) is 36.4 Å². The van der Waals surface area contributed by atoms with Gasteiger partial charge in [-0.15, -0.1) is 0 Å². The molecule has 1 aliphatic carbocycles. The van der Waals surface area contributed by atoms with Gasteiger partial charge < -0.3 is 20.0 Å². The van der Waals surface area contributed by atoms with Gasteiger partial charge >= 0.3 is 6.09 Å². The lowest BCUT2D eigenvalue weighted by Crippen LogP contribution is -2.49. The molecule has 0 unspecified atom stereocenters. The SMILES string of the molecule is O=C(O)N1CCC(N(C(=O)c2ccc(-c3ccc(CO)cc3)cc2)C2CC2)CC1. The molecule has 29 heavy (non-hydrogen) atoms. The van der Waals surface area contributed by atoms with Crippen LogP contribution in [0.25, 0.3) is 11.1 Å². The highest BCUT2D eigenvalue weighted by Gasteiger charge is 2.39. The number of hydrogen-bond acceptors (Lipinski definition) is 3. The van der Waals surface area contributed by atoms with Gasteiger partial charge in [0.25, 0.3) is 5.91 Å². The quantitative estimate of drug-likeness (QED) is 0.812. The van der Waals surface area contributed by atoms with Crippen molar-refractivity contribution in [2.75, 3.05) is 13.1 Å². The first-order chi connectivity index (χ1) is 14.1. The Balaban J connectivity index is 1.47. The monoisotopic (exact) mass is 394 g/mol. The van der Waals surface area contributed by atoms with Gasteiger partial charge in [0.1, 0.15) is 0 Å². The molecule has 2 aromatic carbocycles. The number of piperidine rings is 1. The number of aliphatic hydroxyl groups excluding tert-OH is 1. The highest BCUT2D eigenvalue weighted by molar-refractivity contribution is 5.95. The highest BCUT2D eigenvalue weighted by atomic mass is 16.4. The largest absolute Gasteiger partial charge is 0.465 e. The standard InChI is InChI=1S/C23H26N2O4/c26-15-16-1-3-17(4-2-16)18-5-7-19(8-6-18)22(27)25(20-9-10-20)21-11-13-24(14-12-21)23(28)29/h1-8,20-21,26H,9-15H2,(H,28,29). The smallest absolute Gasteiger partial charge is 0.407 e. The molecule has 2 aliphatic rings. The van der Waals surface area contributed by atoms with Crippen LogP contribution in [0.4, 0.5) is 4.79 Å². The fourth-order valence-electron chi connectivity index (χ4n) is 4.07. The van der Waals surface area contributed by atoms with Gasteiger partial charge in [-0.25, -0.2) is 4.79 Å². The molecule has 0 atom stereocenters. The van der Waals surface area contributed by atoms with Crippen LogP contribution in [0.2, 0.25) is 0 Å². The third kappa shape index (κ3) is 4.27. The molecule has 4 rings (SSSR count). The van der Waals surface area contributed by atoms with Crippen molar-refractivity contribution in [2.24, 2.45) is 0 Å². The lowest BCUT2D eigenvalue weighted by molar-refractivity contribution is 0.0551. The van der Waals surface area contributed by atoms with Crippen molar-refractivity contribution in [3.05, 3.63) is 59.7 Å². The van der Waals surface area contributed by atoms with Crippen LogP contribution in [0.3, 0.4) is 0 Å². The van der Waals surface area contributed by atoms with E-state index in [1.54, 1.807) is 0 Å². The second-order valence-corrected chi connectivity index (χ2v) is 7.88. The number of rotatable bonds is 5. The maximum absolute atomic E-state index is 13.2. The Morgan fingerprint density at radius 1 is 0.862 bits per heavy atom. The Morgan fingerprint density at radius 3 is 1.86 bits per heavy atom. The fraction of sp³-hybridized carbons (Fsp3) is 0.391. The number of aliphatic hydroxyl groups is 1. The molecule has 0 aromatic heterocycles. The van der Waals surface area contributed by atoms with Crippen molar-refractivity contribution >= 4 is 12.0 Å². The molecule has 6 nitrogen and oxygen atoms in total. The summed E-state index contributed by atoms with van der Waals surface area (Å²) in [5.41, 5.74) is 3.61. The van der Waals surface area contributed by atoms with E-state index >= 15 is 0 Å². The normalized spacial score (nSPS) is 17.2. The number of carboxylic acid groups (broad SMARTS) is 1. The van der Waals surface area contributed by atoms with Gasteiger partial charge in [-0.05, 0) is 54.5 Å². The van der Waals surface area contributed by atoms with Crippen LogP contribution >= 0.6 is 0 Å². The zero-order valence-electron chi connectivity index (χ0n) is 16.3. The molecule has 1 heterocycles. The van der Waals surface area contributed by atoms with Crippen LogP contribution in [-0.4, -0.2) is 57.2 Å². The van der Waals surface area contributed by atoms with E-state index in [1.165, 1.54) is 4.90 Å². The second kappa shape index (κ2) is 8.25. The highest BCUT2D eigenvalue weighted by Crippen LogP contribution is 2.33. The van der Waals surface area contributed by atoms with Crippen LogP contribution in [0, 0.1) is 0 Å². The molecule has 0 spiro atoms. The van der Waals surface area contributed by atoms with Crippen molar-refractivity contribution in [1.29, 1.82) is 0 Å². The molecule has 2 aromatic rings.